The molecule has 0 aliphatic carbocycles. The van der Waals surface area contributed by atoms with Gasteiger partial charge >= 0.3 is 0 Å². The molecule has 1 N–H and O–H groups in total. The molecule has 0 bridgehead atoms. The first-order valence-electron chi connectivity index (χ1n) is 9.09. The number of amides is 1. The number of nitrogens with one attached hydrogen (secondary N) is 1. The van der Waals surface area contributed by atoms with Gasteiger partial charge < -0.3 is 14.5 Å². The van der Waals surface area contributed by atoms with E-state index in [2.05, 4.69) is 26.2 Å². The van der Waals surface area contributed by atoms with Crippen molar-refractivity contribution in [3.8, 4) is 17.2 Å². The van der Waals surface area contributed by atoms with E-state index in [9.17, 15) is 4.79 Å². The molecule has 1 unspecified atom stereocenters. The Bertz CT molecular complexity index is 1290. The van der Waals surface area contributed by atoms with Gasteiger partial charge in [-0.15, -0.1) is 0 Å². The monoisotopic (exact) mass is 538 g/mol. The van der Waals surface area contributed by atoms with E-state index in [1.54, 1.807) is 49.4 Å². The SMILES string of the molecule is CC(Oc1ccc(Cl)cc1Cl)C(=O)Nc1ccc2oc(-c3cc(Br)ccc3Cl)nc2c1. The van der Waals surface area contributed by atoms with Crippen LogP contribution in [0.25, 0.3) is 22.6 Å². The molecule has 1 atom stereocenters. The first-order valence-corrected chi connectivity index (χ1v) is 11.0. The Kier molecular flexibility index (Phi) is 6.44. The number of aromatic nitrogens is 1. The second-order valence-corrected chi connectivity index (χ2v) is 8.82. The zero-order valence-electron chi connectivity index (χ0n) is 16.0. The second-order valence-electron chi connectivity index (χ2n) is 6.65. The van der Waals surface area contributed by atoms with E-state index in [1.807, 2.05) is 12.1 Å². The van der Waals surface area contributed by atoms with Crippen molar-refractivity contribution in [3.05, 3.63) is 74.1 Å². The second kappa shape index (κ2) is 9.09. The highest BCUT2D eigenvalue weighted by molar-refractivity contribution is 9.10. The van der Waals surface area contributed by atoms with Gasteiger partial charge in [-0.1, -0.05) is 50.7 Å². The van der Waals surface area contributed by atoms with Gasteiger partial charge in [0.05, 0.1) is 15.6 Å². The molecule has 9 heteroatoms. The maximum absolute atomic E-state index is 12.6. The van der Waals surface area contributed by atoms with Crippen LogP contribution in [-0.2, 0) is 4.79 Å². The number of benzene rings is 3. The molecule has 1 amide bonds. The summed E-state index contributed by atoms with van der Waals surface area (Å²) in [4.78, 5) is 17.1. The summed E-state index contributed by atoms with van der Waals surface area (Å²) in [6, 6.07) is 15.4. The fraction of sp³-hybridized carbons (Fsp3) is 0.0909. The van der Waals surface area contributed by atoms with E-state index in [0.29, 0.717) is 49.1 Å². The normalized spacial score (nSPS) is 12.0. The summed E-state index contributed by atoms with van der Waals surface area (Å²) < 4.78 is 12.3. The molecule has 3 aromatic carbocycles. The number of carbonyl (C=O) groups is 1. The summed E-state index contributed by atoms with van der Waals surface area (Å²) in [7, 11) is 0. The number of hydrogen-bond donors (Lipinski definition) is 1. The largest absolute Gasteiger partial charge is 0.479 e. The topological polar surface area (TPSA) is 64.4 Å². The average molecular weight is 541 g/mol. The quantitative estimate of drug-likeness (QED) is 0.283. The molecule has 158 valence electrons. The summed E-state index contributed by atoms with van der Waals surface area (Å²) >= 11 is 21.7. The molecule has 31 heavy (non-hydrogen) atoms. The van der Waals surface area contributed by atoms with Crippen molar-refractivity contribution in [2.24, 2.45) is 0 Å². The van der Waals surface area contributed by atoms with E-state index in [-0.39, 0.29) is 5.91 Å². The molecular weight excluding hydrogens is 527 g/mol. The van der Waals surface area contributed by atoms with Gasteiger partial charge in [0.15, 0.2) is 11.7 Å². The Hall–Kier alpha value is -2.25. The van der Waals surface area contributed by atoms with Crippen LogP contribution in [0.4, 0.5) is 5.69 Å². The number of rotatable bonds is 5. The van der Waals surface area contributed by atoms with Gasteiger partial charge in [0.25, 0.3) is 5.91 Å². The molecule has 1 aromatic heterocycles. The van der Waals surface area contributed by atoms with Crippen LogP contribution in [-0.4, -0.2) is 17.0 Å². The van der Waals surface area contributed by atoms with E-state index >= 15 is 0 Å². The zero-order valence-corrected chi connectivity index (χ0v) is 19.8. The zero-order chi connectivity index (χ0) is 22.1. The Morgan fingerprint density at radius 1 is 1.06 bits per heavy atom. The molecule has 0 aliphatic heterocycles. The highest BCUT2D eigenvalue weighted by atomic mass is 79.9. The summed E-state index contributed by atoms with van der Waals surface area (Å²) in [6.07, 6.45) is -0.789. The van der Waals surface area contributed by atoms with E-state index in [0.717, 1.165) is 4.47 Å². The smallest absolute Gasteiger partial charge is 0.265 e. The van der Waals surface area contributed by atoms with Crippen molar-refractivity contribution in [1.82, 2.24) is 4.98 Å². The third-order valence-corrected chi connectivity index (χ3v) is 5.73. The lowest BCUT2D eigenvalue weighted by molar-refractivity contribution is -0.122. The van der Waals surface area contributed by atoms with Crippen molar-refractivity contribution in [2.45, 2.75) is 13.0 Å². The van der Waals surface area contributed by atoms with Crippen LogP contribution in [0.15, 0.2) is 63.5 Å². The molecule has 0 saturated carbocycles. The fourth-order valence-corrected chi connectivity index (χ4v) is 3.85. The van der Waals surface area contributed by atoms with Gasteiger partial charge in [-0.05, 0) is 61.5 Å². The molecule has 0 fully saturated rings. The predicted octanol–water partition coefficient (Wildman–Crippen LogP) is 7.62. The molecule has 4 aromatic rings. The Morgan fingerprint density at radius 3 is 2.65 bits per heavy atom. The number of fused-ring (bicyclic) bond motifs is 1. The van der Waals surface area contributed by atoms with Crippen LogP contribution in [0, 0.1) is 0 Å². The molecule has 1 heterocycles. The maximum atomic E-state index is 12.6. The average Bonchev–Trinajstić information content (AvgIpc) is 3.15. The summed E-state index contributed by atoms with van der Waals surface area (Å²) in [6.45, 7) is 1.63. The van der Waals surface area contributed by atoms with Crippen molar-refractivity contribution in [2.75, 3.05) is 5.32 Å². The fourth-order valence-electron chi connectivity index (χ4n) is 2.84. The lowest BCUT2D eigenvalue weighted by atomic mass is 10.2. The standard InChI is InChI=1S/C22H14BrCl3N2O3/c1-11(30-19-6-3-13(24)9-17(19)26)21(29)27-14-4-7-20-18(10-14)28-22(31-20)15-8-12(23)2-5-16(15)25/h2-11H,1H3,(H,27,29). The number of ether oxygens (including phenoxy) is 1. The number of halogens is 4. The van der Waals surface area contributed by atoms with Crippen molar-refractivity contribution in [3.63, 3.8) is 0 Å². The van der Waals surface area contributed by atoms with Crippen LogP contribution in [0.1, 0.15) is 6.92 Å². The van der Waals surface area contributed by atoms with E-state index < -0.39 is 6.10 Å². The molecule has 0 spiro atoms. The minimum absolute atomic E-state index is 0.329. The van der Waals surface area contributed by atoms with Crippen molar-refractivity contribution < 1.29 is 13.9 Å². The van der Waals surface area contributed by atoms with Crippen LogP contribution in [0.2, 0.25) is 15.1 Å². The van der Waals surface area contributed by atoms with Crippen LogP contribution < -0.4 is 10.1 Å². The molecule has 0 saturated heterocycles. The van der Waals surface area contributed by atoms with E-state index in [1.165, 1.54) is 0 Å². The Balaban J connectivity index is 1.52. The Labute approximate surface area is 201 Å². The third kappa shape index (κ3) is 4.99. The highest BCUT2D eigenvalue weighted by Crippen LogP contribution is 2.33. The first kappa shape index (κ1) is 22.0. The lowest BCUT2D eigenvalue weighted by Crippen LogP contribution is -2.30. The third-order valence-electron chi connectivity index (χ3n) is 4.38. The van der Waals surface area contributed by atoms with Gasteiger partial charge in [0.2, 0.25) is 5.89 Å². The summed E-state index contributed by atoms with van der Waals surface area (Å²) in [5.41, 5.74) is 2.37. The van der Waals surface area contributed by atoms with Crippen LogP contribution in [0.5, 0.6) is 5.75 Å². The van der Waals surface area contributed by atoms with Gasteiger partial charge in [0.1, 0.15) is 11.3 Å². The molecular formula is C22H14BrCl3N2O3. The molecule has 5 nitrogen and oxygen atoms in total. The minimum atomic E-state index is -0.789. The molecule has 4 rings (SSSR count). The number of hydrogen-bond acceptors (Lipinski definition) is 4. The number of anilines is 1. The minimum Gasteiger partial charge on any atom is -0.479 e. The van der Waals surface area contributed by atoms with Crippen molar-refractivity contribution >= 4 is 73.4 Å². The van der Waals surface area contributed by atoms with Gasteiger partial charge in [-0.25, -0.2) is 4.98 Å². The Morgan fingerprint density at radius 2 is 1.87 bits per heavy atom. The predicted molar refractivity (Wildman–Crippen MR) is 127 cm³/mol. The number of carbonyl (C=O) groups excluding carboxylic acids is 1. The van der Waals surface area contributed by atoms with Gasteiger partial charge in [-0.3, -0.25) is 4.79 Å². The van der Waals surface area contributed by atoms with Crippen LogP contribution >= 0.6 is 50.7 Å². The molecule has 0 radical (unpaired) electrons. The van der Waals surface area contributed by atoms with Gasteiger partial charge in [-0.2, -0.15) is 0 Å². The van der Waals surface area contributed by atoms with Gasteiger partial charge in [0, 0.05) is 15.2 Å². The molecule has 0 aliphatic rings. The highest BCUT2D eigenvalue weighted by Gasteiger charge is 2.18. The van der Waals surface area contributed by atoms with Crippen molar-refractivity contribution in [1.29, 1.82) is 0 Å². The summed E-state index contributed by atoms with van der Waals surface area (Å²) in [5.74, 6) is 0.416. The van der Waals surface area contributed by atoms with E-state index in [4.69, 9.17) is 44.0 Å². The number of oxazole rings is 1. The van der Waals surface area contributed by atoms with Crippen LogP contribution in [0.3, 0.4) is 0 Å². The maximum Gasteiger partial charge on any atom is 0.265 e. The first-order chi connectivity index (χ1) is 14.8. The number of nitrogens with zero attached hydrogens (tertiary/aromatic N) is 1. The summed E-state index contributed by atoms with van der Waals surface area (Å²) in [5, 5.41) is 4.14. The lowest BCUT2D eigenvalue weighted by Gasteiger charge is -2.15.